The molecule has 2 N–H and O–H groups in total. The minimum Gasteiger partial charge on any atom is -0.493 e. The lowest BCUT2D eigenvalue weighted by Crippen LogP contribution is -2.37. The molecule has 234 valence electrons. The first-order valence-electron chi connectivity index (χ1n) is 15.0. The number of benzene rings is 3. The Labute approximate surface area is 260 Å². The molecule has 1 fully saturated rings. The van der Waals surface area contributed by atoms with Crippen LogP contribution < -0.4 is 14.8 Å². The normalized spacial score (nSPS) is 14.3. The van der Waals surface area contributed by atoms with Crippen molar-refractivity contribution in [2.45, 2.75) is 52.0 Å². The number of aliphatic hydroxyl groups is 1. The average molecular weight is 601 g/mol. The van der Waals surface area contributed by atoms with Gasteiger partial charge >= 0.3 is 0 Å². The molecule has 4 aromatic rings. The summed E-state index contributed by atoms with van der Waals surface area (Å²) in [7, 11) is 3.16. The van der Waals surface area contributed by atoms with E-state index >= 15 is 0 Å². The highest BCUT2D eigenvalue weighted by molar-refractivity contribution is 5.84. The van der Waals surface area contributed by atoms with Gasteiger partial charge in [-0.2, -0.15) is 0 Å². The highest BCUT2D eigenvalue weighted by Gasteiger charge is 2.31. The van der Waals surface area contributed by atoms with Gasteiger partial charge < -0.3 is 24.8 Å². The van der Waals surface area contributed by atoms with Crippen molar-refractivity contribution in [2.75, 3.05) is 32.7 Å². The molecule has 1 aliphatic heterocycles. The van der Waals surface area contributed by atoms with E-state index in [9.17, 15) is 14.7 Å². The molecule has 2 atom stereocenters. The third-order valence-electron chi connectivity index (χ3n) is 7.38. The maximum absolute atomic E-state index is 12.8. The molecular formula is C35H44N4O5. The Balaban J connectivity index is 0.000000228. The van der Waals surface area contributed by atoms with Crippen LogP contribution in [0, 0.1) is 0 Å². The van der Waals surface area contributed by atoms with Gasteiger partial charge in [0.1, 0.15) is 0 Å². The summed E-state index contributed by atoms with van der Waals surface area (Å²) in [5, 5.41) is 16.4. The summed E-state index contributed by atoms with van der Waals surface area (Å²) >= 11 is 0. The quantitative estimate of drug-likeness (QED) is 0.207. The van der Waals surface area contributed by atoms with Crippen molar-refractivity contribution in [2.24, 2.45) is 0 Å². The third-order valence-corrected chi connectivity index (χ3v) is 7.38. The molecule has 2 amide bonds. The van der Waals surface area contributed by atoms with Crippen molar-refractivity contribution < 1.29 is 24.2 Å². The van der Waals surface area contributed by atoms with Gasteiger partial charge in [0.2, 0.25) is 12.3 Å². The Morgan fingerprint density at radius 2 is 1.68 bits per heavy atom. The van der Waals surface area contributed by atoms with E-state index in [4.69, 9.17) is 9.47 Å². The third kappa shape index (κ3) is 8.48. The van der Waals surface area contributed by atoms with Gasteiger partial charge in [-0.3, -0.25) is 9.59 Å². The van der Waals surface area contributed by atoms with E-state index in [1.165, 1.54) is 0 Å². The van der Waals surface area contributed by atoms with Gasteiger partial charge in [-0.1, -0.05) is 68.4 Å². The summed E-state index contributed by atoms with van der Waals surface area (Å²) in [6, 6.07) is 25.4. The van der Waals surface area contributed by atoms with E-state index in [-0.39, 0.29) is 24.5 Å². The maximum atomic E-state index is 12.8. The van der Waals surface area contributed by atoms with Crippen LogP contribution in [-0.4, -0.2) is 65.5 Å². The molecule has 0 radical (unpaired) electrons. The summed E-state index contributed by atoms with van der Waals surface area (Å²) in [5.74, 6) is 1.54. The topological polar surface area (TPSA) is 106 Å². The number of para-hydroxylation sites is 1. The van der Waals surface area contributed by atoms with Gasteiger partial charge in [-0.25, -0.2) is 4.68 Å². The number of amides is 2. The Kier molecular flexibility index (Phi) is 13.5. The summed E-state index contributed by atoms with van der Waals surface area (Å²) in [6.45, 7) is 6.86. The second-order valence-electron chi connectivity index (χ2n) is 10.0. The number of hydrogen-bond donors (Lipinski definition) is 2. The van der Waals surface area contributed by atoms with Crippen LogP contribution in [0.4, 0.5) is 5.82 Å². The number of nitrogens with zero attached hydrogens (tertiary/aromatic N) is 3. The zero-order valence-electron chi connectivity index (χ0n) is 26.3. The van der Waals surface area contributed by atoms with Crippen LogP contribution >= 0.6 is 0 Å². The predicted octanol–water partition coefficient (Wildman–Crippen LogP) is 6.31. The van der Waals surface area contributed by atoms with Crippen LogP contribution in [0.3, 0.4) is 0 Å². The van der Waals surface area contributed by atoms with Gasteiger partial charge in [-0.15, -0.1) is 5.10 Å². The van der Waals surface area contributed by atoms with Gasteiger partial charge in [0.25, 0.3) is 0 Å². The van der Waals surface area contributed by atoms with Gasteiger partial charge in [-0.05, 0) is 61.6 Å². The number of aliphatic hydroxyl groups excluding tert-OH is 1. The molecule has 2 unspecified atom stereocenters. The molecule has 1 aromatic heterocycles. The number of methoxy groups -OCH3 is 2. The van der Waals surface area contributed by atoms with Crippen LogP contribution in [0.15, 0.2) is 85.1 Å². The summed E-state index contributed by atoms with van der Waals surface area (Å²) < 4.78 is 12.3. The number of likely N-dealkylation sites (tertiary alicyclic amines) is 1. The predicted molar refractivity (Wildman–Crippen MR) is 174 cm³/mol. The second kappa shape index (κ2) is 17.5. The van der Waals surface area contributed by atoms with Crippen molar-refractivity contribution in [3.05, 3.63) is 90.6 Å². The molecule has 9 nitrogen and oxygen atoms in total. The van der Waals surface area contributed by atoms with Crippen molar-refractivity contribution in [1.29, 1.82) is 0 Å². The first-order chi connectivity index (χ1) is 21.5. The van der Waals surface area contributed by atoms with Crippen LogP contribution in [-0.2, 0) is 9.59 Å². The van der Waals surface area contributed by atoms with E-state index in [0.717, 1.165) is 41.8 Å². The van der Waals surface area contributed by atoms with E-state index in [1.807, 2.05) is 97.7 Å². The summed E-state index contributed by atoms with van der Waals surface area (Å²) in [4.78, 5) is 25.5. The number of nitrogens with one attached hydrogen (secondary N) is 1. The van der Waals surface area contributed by atoms with Crippen molar-refractivity contribution in [1.82, 2.24) is 14.7 Å². The number of aromatic nitrogens is 2. The fourth-order valence-corrected chi connectivity index (χ4v) is 5.17. The van der Waals surface area contributed by atoms with Crippen molar-refractivity contribution in [3.8, 4) is 28.3 Å². The second-order valence-corrected chi connectivity index (χ2v) is 10.0. The number of carbonyl (C=O) groups is 2. The minimum absolute atomic E-state index is 0.0209. The first kappa shape index (κ1) is 33.9. The Morgan fingerprint density at radius 1 is 1.02 bits per heavy atom. The molecule has 5 rings (SSSR count). The lowest BCUT2D eigenvalue weighted by Gasteiger charge is -2.27. The lowest BCUT2D eigenvalue weighted by molar-refractivity contribution is -0.133. The first-order valence-corrected chi connectivity index (χ1v) is 15.0. The monoisotopic (exact) mass is 600 g/mol. The number of carbonyl (C=O) groups excluding carboxylic acids is 2. The molecule has 2 heterocycles. The maximum Gasteiger partial charge on any atom is 0.230 e. The fourth-order valence-electron chi connectivity index (χ4n) is 5.17. The molecule has 1 aliphatic rings. The van der Waals surface area contributed by atoms with Crippen molar-refractivity contribution in [3.63, 3.8) is 0 Å². The van der Waals surface area contributed by atoms with Crippen LogP contribution in [0.5, 0.6) is 11.5 Å². The highest BCUT2D eigenvalue weighted by atomic mass is 16.5. The summed E-state index contributed by atoms with van der Waals surface area (Å²) in [5.41, 5.74) is 3.71. The van der Waals surface area contributed by atoms with Gasteiger partial charge in [0.05, 0.1) is 25.8 Å². The van der Waals surface area contributed by atoms with E-state index in [1.54, 1.807) is 25.0 Å². The van der Waals surface area contributed by atoms with Crippen LogP contribution in [0.1, 0.15) is 51.5 Å². The number of rotatable bonds is 10. The average Bonchev–Trinajstić information content (AvgIpc) is 3.71. The molecule has 0 spiro atoms. The highest BCUT2D eigenvalue weighted by Crippen LogP contribution is 2.34. The zero-order chi connectivity index (χ0) is 31.9. The van der Waals surface area contributed by atoms with E-state index in [2.05, 4.69) is 17.3 Å². The molecule has 0 saturated carbocycles. The lowest BCUT2D eigenvalue weighted by atomic mass is 9.93. The van der Waals surface area contributed by atoms with E-state index in [0.29, 0.717) is 30.1 Å². The summed E-state index contributed by atoms with van der Waals surface area (Å²) in [6.07, 6.45) is 5.06. The standard InChI is InChI=1S/C17H25NO4.C16H13N3O.C2H6/c1-12-5-4-9-18(12)17(20)14(8-10-19)13-6-7-15(21-2)16(11-13)22-3;20-12-17-16-15(13-7-3-1-4-8-13)11-19(18-16)14-9-5-2-6-10-14;1-2/h6-7,11-12,14,19H,4-5,8-10H2,1-3H3;1-12H,(H,17,18,20);1-2H3. The Bertz CT molecular complexity index is 1440. The number of anilines is 1. The minimum atomic E-state index is -0.342. The molecule has 1 saturated heterocycles. The molecule has 9 heteroatoms. The van der Waals surface area contributed by atoms with E-state index < -0.39 is 0 Å². The van der Waals surface area contributed by atoms with Gasteiger partial charge in [0.15, 0.2) is 17.3 Å². The number of ether oxygens (including phenoxy) is 2. The molecule has 0 bridgehead atoms. The Hall–Kier alpha value is -4.63. The smallest absolute Gasteiger partial charge is 0.230 e. The zero-order valence-corrected chi connectivity index (χ0v) is 26.3. The van der Waals surface area contributed by atoms with Crippen LogP contribution in [0.2, 0.25) is 0 Å². The molecule has 44 heavy (non-hydrogen) atoms. The molecule has 3 aromatic carbocycles. The Morgan fingerprint density at radius 3 is 2.25 bits per heavy atom. The fraction of sp³-hybridized carbons (Fsp3) is 0.343. The molecule has 0 aliphatic carbocycles. The SMILES string of the molecule is CC.COc1ccc(C(CCO)C(=O)N2CCCC2C)cc1OC.O=CNc1nn(-c2ccccc2)cc1-c1ccccc1. The van der Waals surface area contributed by atoms with Gasteiger partial charge in [0, 0.05) is 31.0 Å². The van der Waals surface area contributed by atoms with Crippen molar-refractivity contribution >= 4 is 18.1 Å². The largest absolute Gasteiger partial charge is 0.493 e. The number of hydrogen-bond acceptors (Lipinski definition) is 6. The van der Waals surface area contributed by atoms with Crippen LogP contribution in [0.25, 0.3) is 16.8 Å². The molecular weight excluding hydrogens is 556 g/mol.